The largest absolute Gasteiger partial charge is 0.371 e. The van der Waals surface area contributed by atoms with E-state index in [-0.39, 0.29) is 0 Å². The highest BCUT2D eigenvalue weighted by Gasteiger charge is 2.11. The lowest BCUT2D eigenvalue weighted by Gasteiger charge is -2.08. The first kappa shape index (κ1) is 14.8. The fraction of sp³-hybridized carbons (Fsp3) is 0.0625. The van der Waals surface area contributed by atoms with E-state index in [2.05, 4.69) is 20.5 Å². The molecule has 1 heterocycles. The van der Waals surface area contributed by atoms with Gasteiger partial charge >= 0.3 is 0 Å². The van der Waals surface area contributed by atoms with E-state index in [1.807, 2.05) is 36.4 Å². The standard InChI is InChI=1S/C16H12Cl2N4/c1-19-16-14(10-2-6-12(17)7-3-10)21-22-15(20-16)11-4-8-13(18)9-5-11/h2-9H,1H3,(H,19,20,22). The van der Waals surface area contributed by atoms with Crippen molar-refractivity contribution >= 4 is 29.0 Å². The van der Waals surface area contributed by atoms with Gasteiger partial charge in [0.15, 0.2) is 11.6 Å². The summed E-state index contributed by atoms with van der Waals surface area (Å²) in [6.07, 6.45) is 0. The van der Waals surface area contributed by atoms with Crippen LogP contribution in [-0.4, -0.2) is 22.2 Å². The second-order valence-electron chi connectivity index (χ2n) is 4.60. The maximum absolute atomic E-state index is 5.91. The number of rotatable bonds is 3. The van der Waals surface area contributed by atoms with Gasteiger partial charge in [0.2, 0.25) is 0 Å². The highest BCUT2D eigenvalue weighted by Crippen LogP contribution is 2.27. The van der Waals surface area contributed by atoms with Crippen LogP contribution >= 0.6 is 23.2 Å². The number of hydrogen-bond acceptors (Lipinski definition) is 4. The molecule has 0 aliphatic carbocycles. The first-order valence-electron chi connectivity index (χ1n) is 6.62. The Morgan fingerprint density at radius 3 is 1.86 bits per heavy atom. The van der Waals surface area contributed by atoms with Crippen LogP contribution in [0.25, 0.3) is 22.6 Å². The molecule has 2 aromatic carbocycles. The Kier molecular flexibility index (Phi) is 4.22. The molecular formula is C16H12Cl2N4. The third-order valence-corrected chi connectivity index (χ3v) is 3.65. The second-order valence-corrected chi connectivity index (χ2v) is 5.47. The van der Waals surface area contributed by atoms with Gasteiger partial charge in [-0.3, -0.25) is 0 Å². The number of nitrogens with one attached hydrogen (secondary N) is 1. The normalized spacial score (nSPS) is 10.5. The van der Waals surface area contributed by atoms with Crippen LogP contribution in [0.1, 0.15) is 0 Å². The van der Waals surface area contributed by atoms with Gasteiger partial charge in [0.1, 0.15) is 5.69 Å². The van der Waals surface area contributed by atoms with E-state index >= 15 is 0 Å². The van der Waals surface area contributed by atoms with Crippen molar-refractivity contribution < 1.29 is 0 Å². The van der Waals surface area contributed by atoms with Gasteiger partial charge in [0.05, 0.1) is 0 Å². The summed E-state index contributed by atoms with van der Waals surface area (Å²) < 4.78 is 0. The quantitative estimate of drug-likeness (QED) is 0.765. The summed E-state index contributed by atoms with van der Waals surface area (Å²) >= 11 is 11.8. The van der Waals surface area contributed by atoms with E-state index in [1.165, 1.54) is 0 Å². The Morgan fingerprint density at radius 2 is 1.32 bits per heavy atom. The summed E-state index contributed by atoms with van der Waals surface area (Å²) in [7, 11) is 1.80. The SMILES string of the molecule is CNc1nc(-c2ccc(Cl)cc2)nnc1-c1ccc(Cl)cc1. The molecule has 0 bridgehead atoms. The fourth-order valence-corrected chi connectivity index (χ4v) is 2.28. The molecule has 1 aromatic heterocycles. The molecule has 22 heavy (non-hydrogen) atoms. The molecule has 110 valence electrons. The number of anilines is 1. The van der Waals surface area contributed by atoms with Crippen LogP contribution < -0.4 is 5.32 Å². The maximum atomic E-state index is 5.91. The maximum Gasteiger partial charge on any atom is 0.183 e. The van der Waals surface area contributed by atoms with Crippen molar-refractivity contribution in [2.75, 3.05) is 12.4 Å². The Labute approximate surface area is 138 Å². The third-order valence-electron chi connectivity index (χ3n) is 3.14. The van der Waals surface area contributed by atoms with Crippen LogP contribution in [0.2, 0.25) is 10.0 Å². The van der Waals surface area contributed by atoms with Crippen LogP contribution in [-0.2, 0) is 0 Å². The Bertz CT molecular complexity index is 786. The summed E-state index contributed by atoms with van der Waals surface area (Å²) in [5.41, 5.74) is 2.43. The zero-order valence-electron chi connectivity index (χ0n) is 11.7. The first-order valence-corrected chi connectivity index (χ1v) is 7.37. The van der Waals surface area contributed by atoms with Gasteiger partial charge in [-0.15, -0.1) is 10.2 Å². The zero-order valence-corrected chi connectivity index (χ0v) is 13.2. The summed E-state index contributed by atoms with van der Waals surface area (Å²) in [5, 5.41) is 12.9. The van der Waals surface area contributed by atoms with E-state index < -0.39 is 0 Å². The number of nitrogens with zero attached hydrogens (tertiary/aromatic N) is 3. The van der Waals surface area contributed by atoms with Gasteiger partial charge in [-0.2, -0.15) is 0 Å². The van der Waals surface area contributed by atoms with Crippen molar-refractivity contribution in [2.24, 2.45) is 0 Å². The number of hydrogen-bond donors (Lipinski definition) is 1. The molecule has 6 heteroatoms. The highest BCUT2D eigenvalue weighted by atomic mass is 35.5. The van der Waals surface area contributed by atoms with E-state index in [9.17, 15) is 0 Å². The average Bonchev–Trinajstić information content (AvgIpc) is 2.56. The fourth-order valence-electron chi connectivity index (χ4n) is 2.02. The van der Waals surface area contributed by atoms with Crippen molar-refractivity contribution in [3.63, 3.8) is 0 Å². The van der Waals surface area contributed by atoms with Crippen LogP contribution in [0.4, 0.5) is 5.82 Å². The lowest BCUT2D eigenvalue weighted by atomic mass is 10.1. The summed E-state index contributed by atoms with van der Waals surface area (Å²) in [6.45, 7) is 0. The summed E-state index contributed by atoms with van der Waals surface area (Å²) in [6, 6.07) is 14.7. The van der Waals surface area contributed by atoms with Gasteiger partial charge in [-0.05, 0) is 36.4 Å². The minimum absolute atomic E-state index is 0.540. The van der Waals surface area contributed by atoms with Crippen LogP contribution in [0.5, 0.6) is 0 Å². The second kappa shape index (κ2) is 6.30. The molecule has 0 unspecified atom stereocenters. The lowest BCUT2D eigenvalue weighted by molar-refractivity contribution is 0.988. The molecule has 0 amide bonds. The molecule has 0 atom stereocenters. The molecule has 4 nitrogen and oxygen atoms in total. The minimum Gasteiger partial charge on any atom is -0.371 e. The third kappa shape index (κ3) is 3.03. The molecule has 0 fully saturated rings. The Morgan fingerprint density at radius 1 is 0.773 bits per heavy atom. The molecule has 0 saturated carbocycles. The minimum atomic E-state index is 0.540. The first-order chi connectivity index (χ1) is 10.7. The predicted octanol–water partition coefficient (Wildman–Crippen LogP) is 4.55. The van der Waals surface area contributed by atoms with E-state index in [0.29, 0.717) is 27.4 Å². The van der Waals surface area contributed by atoms with Crippen molar-refractivity contribution in [2.45, 2.75) is 0 Å². The zero-order chi connectivity index (χ0) is 15.5. The molecule has 3 rings (SSSR count). The molecule has 0 aliphatic heterocycles. The molecular weight excluding hydrogens is 319 g/mol. The average molecular weight is 331 g/mol. The number of aromatic nitrogens is 3. The number of halogens is 2. The number of benzene rings is 2. The molecule has 0 aliphatic rings. The summed E-state index contributed by atoms with van der Waals surface area (Å²) in [4.78, 5) is 4.53. The van der Waals surface area contributed by atoms with Crippen LogP contribution in [0.15, 0.2) is 48.5 Å². The smallest absolute Gasteiger partial charge is 0.183 e. The van der Waals surface area contributed by atoms with E-state index in [4.69, 9.17) is 23.2 Å². The highest BCUT2D eigenvalue weighted by molar-refractivity contribution is 6.30. The van der Waals surface area contributed by atoms with Crippen molar-refractivity contribution in [3.05, 3.63) is 58.6 Å². The molecule has 3 aromatic rings. The predicted molar refractivity (Wildman–Crippen MR) is 90.3 cm³/mol. The monoisotopic (exact) mass is 330 g/mol. The van der Waals surface area contributed by atoms with E-state index in [0.717, 1.165) is 11.1 Å². The molecule has 0 spiro atoms. The summed E-state index contributed by atoms with van der Waals surface area (Å²) in [5.74, 6) is 1.20. The van der Waals surface area contributed by atoms with Gasteiger partial charge in [-0.25, -0.2) is 4.98 Å². The van der Waals surface area contributed by atoms with Crippen molar-refractivity contribution in [1.29, 1.82) is 0 Å². The topological polar surface area (TPSA) is 50.7 Å². The molecule has 0 saturated heterocycles. The Hall–Kier alpha value is -2.17. The van der Waals surface area contributed by atoms with Crippen LogP contribution in [0.3, 0.4) is 0 Å². The van der Waals surface area contributed by atoms with Crippen molar-refractivity contribution in [1.82, 2.24) is 15.2 Å². The van der Waals surface area contributed by atoms with Crippen LogP contribution in [0, 0.1) is 0 Å². The van der Waals surface area contributed by atoms with E-state index in [1.54, 1.807) is 19.2 Å². The lowest BCUT2D eigenvalue weighted by Crippen LogP contribution is -2.02. The molecule has 0 radical (unpaired) electrons. The Balaban J connectivity index is 2.04. The molecule has 1 N–H and O–H groups in total. The van der Waals surface area contributed by atoms with Crippen molar-refractivity contribution in [3.8, 4) is 22.6 Å². The van der Waals surface area contributed by atoms with Gasteiger partial charge < -0.3 is 5.32 Å². The van der Waals surface area contributed by atoms with Gasteiger partial charge in [0, 0.05) is 28.2 Å². The van der Waals surface area contributed by atoms with Gasteiger partial charge in [0.25, 0.3) is 0 Å². The van der Waals surface area contributed by atoms with Gasteiger partial charge in [-0.1, -0.05) is 35.3 Å².